The fourth-order valence-corrected chi connectivity index (χ4v) is 9.51. The minimum atomic E-state index is -4.78. The summed E-state index contributed by atoms with van der Waals surface area (Å²) < 4.78 is 46.1. The predicted octanol–water partition coefficient (Wildman–Crippen LogP) is 6.37. The number of aliphatic hydroxyl groups is 1. The number of aromatic nitrogens is 1. The zero-order valence-corrected chi connectivity index (χ0v) is 31.8. The fraction of sp³-hybridized carbons (Fsp3) is 0.268. The minimum Gasteiger partial charge on any atom is -0.507 e. The number of carboxylic acids is 1. The molecule has 1 aromatic heterocycles. The number of fused-ring (bicyclic) bond motifs is 4. The van der Waals surface area contributed by atoms with E-state index < -0.39 is 98.5 Å². The number of aliphatic hydroxyl groups excluding tert-OH is 1. The Kier molecular flexibility index (Phi) is 9.92. The second kappa shape index (κ2) is 14.7. The van der Waals surface area contributed by atoms with E-state index in [-0.39, 0.29) is 31.7 Å². The van der Waals surface area contributed by atoms with Gasteiger partial charge in [-0.2, -0.15) is 18.2 Å². The second-order valence-corrected chi connectivity index (χ2v) is 15.4. The molecule has 4 amide bonds. The Morgan fingerprint density at radius 3 is 2.29 bits per heavy atom. The van der Waals surface area contributed by atoms with Gasteiger partial charge in [0.2, 0.25) is 11.8 Å². The van der Waals surface area contributed by atoms with Gasteiger partial charge in [-0.25, -0.2) is 14.7 Å². The topological polar surface area (TPSA) is 187 Å². The molecule has 3 heterocycles. The highest BCUT2D eigenvalue weighted by Gasteiger charge is 2.70. The molecule has 4 aliphatic rings. The molecule has 0 spiro atoms. The van der Waals surface area contributed by atoms with Gasteiger partial charge in [-0.15, -0.1) is 0 Å². The van der Waals surface area contributed by atoms with Gasteiger partial charge in [0.25, 0.3) is 11.8 Å². The normalized spacial score (nSPS) is 25.1. The minimum absolute atomic E-state index is 0.00648. The molecule has 2 saturated heterocycles. The number of pyridine rings is 1. The number of alkyl halides is 3. The van der Waals surface area contributed by atoms with Crippen LogP contribution >= 0.6 is 23.2 Å². The first-order valence-electron chi connectivity index (χ1n) is 18.2. The molecule has 4 aromatic rings. The van der Waals surface area contributed by atoms with Gasteiger partial charge in [-0.1, -0.05) is 59.1 Å². The number of phenols is 1. The van der Waals surface area contributed by atoms with Crippen LogP contribution in [0.1, 0.15) is 45.8 Å². The molecule has 2 aliphatic heterocycles. The number of amides is 4. The summed E-state index contributed by atoms with van der Waals surface area (Å²) in [4.78, 5) is 75.1. The quantitative estimate of drug-likeness (QED) is 0.108. The maximum atomic E-state index is 15.3. The second-order valence-electron chi connectivity index (χ2n) is 14.6. The number of imide groups is 2. The first kappa shape index (κ1) is 39.8. The van der Waals surface area contributed by atoms with Crippen LogP contribution in [0, 0.1) is 23.7 Å². The van der Waals surface area contributed by atoms with E-state index in [1.54, 1.807) is 54.6 Å². The number of benzene rings is 3. The number of carboxylic acid groups (broad SMARTS) is 1. The number of halogens is 5. The van der Waals surface area contributed by atoms with Crippen LogP contribution in [0.25, 0.3) is 0 Å². The molecule has 6 atom stereocenters. The Labute approximate surface area is 342 Å². The zero-order chi connectivity index (χ0) is 42.1. The number of anilines is 2. The van der Waals surface area contributed by atoms with Crippen LogP contribution in [0.4, 0.5) is 24.7 Å². The smallest absolute Gasteiger partial charge is 0.417 e. The van der Waals surface area contributed by atoms with Crippen LogP contribution in [-0.4, -0.2) is 68.1 Å². The van der Waals surface area contributed by atoms with Gasteiger partial charge in [0, 0.05) is 23.2 Å². The van der Waals surface area contributed by atoms with E-state index in [9.17, 15) is 47.7 Å². The van der Waals surface area contributed by atoms with Gasteiger partial charge in [-0.05, 0) is 72.4 Å². The molecule has 8 rings (SSSR count). The van der Waals surface area contributed by atoms with Crippen LogP contribution in [0.3, 0.4) is 0 Å². The highest BCUT2D eigenvalue weighted by atomic mass is 35.5. The molecule has 13 nitrogen and oxygen atoms in total. The van der Waals surface area contributed by atoms with Gasteiger partial charge >= 0.3 is 12.1 Å². The van der Waals surface area contributed by atoms with E-state index in [1.807, 2.05) is 0 Å². The first-order chi connectivity index (χ1) is 28.1. The number of allylic oxidation sites excluding steroid dienone is 2. The van der Waals surface area contributed by atoms with Crippen molar-refractivity contribution < 1.29 is 57.2 Å². The van der Waals surface area contributed by atoms with Crippen LogP contribution in [-0.2, 0) is 30.8 Å². The predicted molar refractivity (Wildman–Crippen MR) is 203 cm³/mol. The van der Waals surface area contributed by atoms with Crippen molar-refractivity contribution in [1.29, 1.82) is 0 Å². The van der Waals surface area contributed by atoms with Crippen molar-refractivity contribution >= 4 is 64.3 Å². The molecule has 18 heteroatoms. The molecule has 6 unspecified atom stereocenters. The van der Waals surface area contributed by atoms with Crippen molar-refractivity contribution in [3.05, 3.63) is 123 Å². The van der Waals surface area contributed by atoms with E-state index in [0.717, 1.165) is 17.0 Å². The molecule has 304 valence electrons. The highest BCUT2D eigenvalue weighted by molar-refractivity contribution is 6.33. The Morgan fingerprint density at radius 1 is 0.949 bits per heavy atom. The number of nitrogens with one attached hydrogen (secondary N) is 1. The molecular weight excluding hydrogens is 820 g/mol. The van der Waals surface area contributed by atoms with Crippen molar-refractivity contribution in [2.75, 3.05) is 23.5 Å². The van der Waals surface area contributed by atoms with Crippen LogP contribution in [0.2, 0.25) is 10.0 Å². The van der Waals surface area contributed by atoms with E-state index in [0.29, 0.717) is 44.7 Å². The molecule has 1 saturated carbocycles. The van der Waals surface area contributed by atoms with Gasteiger partial charge in [0.15, 0.2) is 5.82 Å². The maximum Gasteiger partial charge on any atom is 0.417 e. The number of rotatable bonds is 9. The van der Waals surface area contributed by atoms with Crippen molar-refractivity contribution in [1.82, 2.24) is 9.99 Å². The lowest BCUT2D eigenvalue weighted by Gasteiger charge is -2.50. The molecule has 0 bridgehead atoms. The number of carbonyl (C=O) groups excluding carboxylic acids is 4. The van der Waals surface area contributed by atoms with E-state index in [4.69, 9.17) is 27.9 Å². The summed E-state index contributed by atoms with van der Waals surface area (Å²) >= 11 is 12.6. The van der Waals surface area contributed by atoms with E-state index in [1.165, 1.54) is 6.07 Å². The Bertz CT molecular complexity index is 2470. The van der Waals surface area contributed by atoms with Crippen LogP contribution < -0.4 is 15.1 Å². The van der Waals surface area contributed by atoms with Crippen molar-refractivity contribution in [3.8, 4) is 11.5 Å². The molecule has 3 fully saturated rings. The highest BCUT2D eigenvalue weighted by Crippen LogP contribution is 2.64. The number of hydrogen-bond donors (Lipinski definition) is 4. The molecule has 0 radical (unpaired) electrons. The molecular formula is C41H31Cl2F3N4O9. The van der Waals surface area contributed by atoms with Crippen molar-refractivity contribution in [2.45, 2.75) is 30.4 Å². The SMILES string of the molecule is O=C(O)c1ccc(N2C(=O)C3CC=C4C(CC5C(=O)N(Nc6ncc(C(F)(F)F)cc6Cl)C(=O)C5(c5ccc(Cl)cc5)C4c4ccc(OCCO)cc4)C3C2=O)cc1O. The Balaban J connectivity index is 1.28. The maximum absolute atomic E-state index is 15.3. The van der Waals surface area contributed by atoms with Gasteiger partial charge in [0.05, 0.1) is 46.0 Å². The van der Waals surface area contributed by atoms with Gasteiger partial charge < -0.3 is 20.1 Å². The average molecular weight is 852 g/mol. The molecule has 3 aromatic carbocycles. The van der Waals surface area contributed by atoms with Crippen LogP contribution in [0.5, 0.6) is 11.5 Å². The lowest BCUT2D eigenvalue weighted by atomic mass is 9.49. The largest absolute Gasteiger partial charge is 0.507 e. The van der Waals surface area contributed by atoms with Gasteiger partial charge in [0.1, 0.15) is 23.7 Å². The standard InChI is InChI=1S/C41H31Cl2F3N4O9/c42-22-5-3-20(4-6-22)40-29(36(54)50(39(40)58)48-34-30(43)15-21(18-47-34)41(44,45)46)17-28-25(33(40)19-1-8-24(9-2-19)59-14-13-51)11-12-27-32(28)37(55)49(35(27)53)23-7-10-26(38(56)57)31(52)16-23/h1-11,15-16,18,27-29,32-33,51-52H,12-14,17H2,(H,47,48)(H,56,57). The monoisotopic (exact) mass is 850 g/mol. The summed E-state index contributed by atoms with van der Waals surface area (Å²) in [6.45, 7) is -0.263. The lowest BCUT2D eigenvalue weighted by molar-refractivity contribution is -0.139. The van der Waals surface area contributed by atoms with Crippen LogP contribution in [0.15, 0.2) is 90.6 Å². The zero-order valence-electron chi connectivity index (χ0n) is 30.3. The third kappa shape index (κ3) is 6.37. The third-order valence-corrected chi connectivity index (χ3v) is 12.1. The summed E-state index contributed by atoms with van der Waals surface area (Å²) in [6, 6.07) is 16.8. The fourth-order valence-electron chi connectivity index (χ4n) is 9.17. The Hall–Kier alpha value is -5.97. The number of hydrazine groups is 1. The van der Waals surface area contributed by atoms with E-state index >= 15 is 4.79 Å². The van der Waals surface area contributed by atoms with Crippen molar-refractivity contribution in [2.24, 2.45) is 23.7 Å². The van der Waals surface area contributed by atoms with Gasteiger partial charge in [-0.3, -0.25) is 24.6 Å². The molecule has 4 N–H and O–H groups in total. The van der Waals surface area contributed by atoms with Crippen molar-refractivity contribution in [3.63, 3.8) is 0 Å². The molecule has 59 heavy (non-hydrogen) atoms. The average Bonchev–Trinajstić information content (AvgIpc) is 3.58. The summed E-state index contributed by atoms with van der Waals surface area (Å²) in [5.41, 5.74) is 0.592. The van der Waals surface area contributed by atoms with E-state index in [2.05, 4.69) is 10.4 Å². The summed E-state index contributed by atoms with van der Waals surface area (Å²) in [5, 5.41) is 29.7. The number of nitrogens with zero attached hydrogens (tertiary/aromatic N) is 3. The number of aromatic carboxylic acids is 1. The number of carbonyl (C=O) groups is 5. The number of ether oxygens (including phenoxy) is 1. The molecule has 2 aliphatic carbocycles. The number of hydrogen-bond acceptors (Lipinski definition) is 10. The number of aromatic hydroxyl groups is 1. The first-order valence-corrected chi connectivity index (χ1v) is 18.9. The summed E-state index contributed by atoms with van der Waals surface area (Å²) in [6.07, 6.45) is -2.58. The third-order valence-electron chi connectivity index (χ3n) is 11.6. The summed E-state index contributed by atoms with van der Waals surface area (Å²) in [7, 11) is 0. The summed E-state index contributed by atoms with van der Waals surface area (Å²) in [5.74, 6) is -10.0. The Morgan fingerprint density at radius 2 is 1.66 bits per heavy atom. The lowest BCUT2D eigenvalue weighted by Crippen LogP contribution is -2.53.